The number of nitrogens with zero attached hydrogens (tertiary/aromatic N) is 4. The van der Waals surface area contributed by atoms with Gasteiger partial charge in [0.15, 0.2) is 5.82 Å². The fourth-order valence-electron chi connectivity index (χ4n) is 2.29. The number of aromatic nitrogens is 3. The van der Waals surface area contributed by atoms with Crippen LogP contribution in [0.4, 0.5) is 17.5 Å². The molecule has 2 aromatic rings. The fraction of sp³-hybridized carbons (Fsp3) is 0.400. The van der Waals surface area contributed by atoms with E-state index in [-0.39, 0.29) is 0 Å². The van der Waals surface area contributed by atoms with Crippen LogP contribution in [0.25, 0.3) is 0 Å². The van der Waals surface area contributed by atoms with Gasteiger partial charge in [-0.15, -0.1) is 5.10 Å². The van der Waals surface area contributed by atoms with E-state index in [2.05, 4.69) is 20.5 Å². The summed E-state index contributed by atoms with van der Waals surface area (Å²) in [6.07, 6.45) is 1.58. The van der Waals surface area contributed by atoms with Crippen molar-refractivity contribution in [1.82, 2.24) is 15.2 Å². The molecule has 0 amide bonds. The first-order valence-corrected chi connectivity index (χ1v) is 7.31. The Hall–Kier alpha value is -2.61. The second kappa shape index (κ2) is 7.10. The molecule has 0 spiro atoms. The number of morpholine rings is 1. The molecule has 122 valence electrons. The molecule has 1 aliphatic heterocycles. The molecular weight excluding hydrogens is 298 g/mol. The van der Waals surface area contributed by atoms with Crippen LogP contribution >= 0.6 is 0 Å². The van der Waals surface area contributed by atoms with E-state index in [4.69, 9.17) is 14.2 Å². The number of methoxy groups -OCH3 is 2. The second-order valence-corrected chi connectivity index (χ2v) is 4.93. The predicted molar refractivity (Wildman–Crippen MR) is 85.7 cm³/mol. The maximum atomic E-state index is 5.37. The lowest BCUT2D eigenvalue weighted by Crippen LogP contribution is -2.37. The Morgan fingerprint density at radius 2 is 2.00 bits per heavy atom. The zero-order chi connectivity index (χ0) is 16.1. The molecule has 0 atom stereocenters. The lowest BCUT2D eigenvalue weighted by molar-refractivity contribution is 0.122. The molecule has 0 saturated carbocycles. The first-order valence-electron chi connectivity index (χ1n) is 7.31. The molecule has 3 rings (SSSR count). The van der Waals surface area contributed by atoms with Crippen LogP contribution in [0.2, 0.25) is 0 Å². The van der Waals surface area contributed by atoms with E-state index in [1.54, 1.807) is 26.5 Å². The summed E-state index contributed by atoms with van der Waals surface area (Å²) >= 11 is 0. The Morgan fingerprint density at radius 3 is 2.74 bits per heavy atom. The van der Waals surface area contributed by atoms with Gasteiger partial charge in [-0.2, -0.15) is 10.1 Å². The topological polar surface area (TPSA) is 81.6 Å². The van der Waals surface area contributed by atoms with Crippen LogP contribution in [0.3, 0.4) is 0 Å². The largest absolute Gasteiger partial charge is 0.497 e. The summed E-state index contributed by atoms with van der Waals surface area (Å²) in [4.78, 5) is 6.56. The summed E-state index contributed by atoms with van der Waals surface area (Å²) in [5.41, 5.74) is 0.779. The standard InChI is InChI=1S/C15H19N5O3/c1-21-11-3-4-12(13(9-11)22-2)17-14-10-16-19-15(18-14)20-5-7-23-8-6-20/h3-4,9-10H,5-8H2,1-2H3,(H,17,18,19). The van der Waals surface area contributed by atoms with E-state index < -0.39 is 0 Å². The zero-order valence-electron chi connectivity index (χ0n) is 13.2. The summed E-state index contributed by atoms with van der Waals surface area (Å²) < 4.78 is 15.9. The third-order valence-electron chi connectivity index (χ3n) is 3.51. The van der Waals surface area contributed by atoms with Crippen LogP contribution in [-0.4, -0.2) is 55.7 Å². The minimum atomic E-state index is 0.589. The Balaban J connectivity index is 1.80. The number of rotatable bonds is 5. The Labute approximate surface area is 134 Å². The van der Waals surface area contributed by atoms with Gasteiger partial charge in [0.25, 0.3) is 0 Å². The van der Waals surface area contributed by atoms with E-state index in [1.165, 1.54) is 0 Å². The van der Waals surface area contributed by atoms with Gasteiger partial charge in [0.1, 0.15) is 11.5 Å². The van der Waals surface area contributed by atoms with Crippen molar-refractivity contribution in [2.75, 3.05) is 50.7 Å². The van der Waals surface area contributed by atoms with Crippen molar-refractivity contribution in [3.05, 3.63) is 24.4 Å². The van der Waals surface area contributed by atoms with Gasteiger partial charge >= 0.3 is 0 Å². The third kappa shape index (κ3) is 3.59. The average molecular weight is 317 g/mol. The maximum Gasteiger partial charge on any atom is 0.247 e. The van der Waals surface area contributed by atoms with Crippen LogP contribution in [0.15, 0.2) is 24.4 Å². The van der Waals surface area contributed by atoms with Crippen LogP contribution in [0.1, 0.15) is 0 Å². The normalized spacial score (nSPS) is 14.4. The highest BCUT2D eigenvalue weighted by Gasteiger charge is 2.15. The SMILES string of the molecule is COc1ccc(Nc2cnnc(N3CCOCC3)n2)c(OC)c1. The first kappa shape index (κ1) is 15.3. The van der Waals surface area contributed by atoms with E-state index in [1.807, 2.05) is 17.0 Å². The van der Waals surface area contributed by atoms with Gasteiger partial charge in [0.2, 0.25) is 5.95 Å². The van der Waals surface area contributed by atoms with Gasteiger partial charge < -0.3 is 24.4 Å². The van der Waals surface area contributed by atoms with Crippen molar-refractivity contribution in [2.24, 2.45) is 0 Å². The molecule has 8 heteroatoms. The molecule has 23 heavy (non-hydrogen) atoms. The molecule has 8 nitrogen and oxygen atoms in total. The first-order chi connectivity index (χ1) is 11.3. The second-order valence-electron chi connectivity index (χ2n) is 4.93. The molecule has 0 bridgehead atoms. The van der Waals surface area contributed by atoms with Gasteiger partial charge in [-0.1, -0.05) is 0 Å². The Bertz CT molecular complexity index is 661. The zero-order valence-corrected chi connectivity index (χ0v) is 13.2. The summed E-state index contributed by atoms with van der Waals surface area (Å²) in [6, 6.07) is 5.52. The van der Waals surface area contributed by atoms with Crippen molar-refractivity contribution in [3.8, 4) is 11.5 Å². The minimum Gasteiger partial charge on any atom is -0.497 e. The predicted octanol–water partition coefficient (Wildman–Crippen LogP) is 1.47. The molecule has 1 fully saturated rings. The number of ether oxygens (including phenoxy) is 3. The Morgan fingerprint density at radius 1 is 1.17 bits per heavy atom. The van der Waals surface area contributed by atoms with E-state index in [0.29, 0.717) is 30.7 Å². The van der Waals surface area contributed by atoms with Crippen molar-refractivity contribution in [1.29, 1.82) is 0 Å². The van der Waals surface area contributed by atoms with Gasteiger partial charge in [0.05, 0.1) is 39.3 Å². The van der Waals surface area contributed by atoms with Crippen molar-refractivity contribution in [3.63, 3.8) is 0 Å². The lowest BCUT2D eigenvalue weighted by Gasteiger charge is -2.26. The number of hydrogen-bond donors (Lipinski definition) is 1. The number of benzene rings is 1. The highest BCUT2D eigenvalue weighted by Crippen LogP contribution is 2.31. The summed E-state index contributed by atoms with van der Waals surface area (Å²) in [5, 5.41) is 11.3. The van der Waals surface area contributed by atoms with Crippen molar-refractivity contribution >= 4 is 17.5 Å². The van der Waals surface area contributed by atoms with Crippen LogP contribution < -0.4 is 19.7 Å². The maximum absolute atomic E-state index is 5.37. The molecule has 0 unspecified atom stereocenters. The molecular formula is C15H19N5O3. The van der Waals surface area contributed by atoms with Gasteiger partial charge in [-0.25, -0.2) is 0 Å². The van der Waals surface area contributed by atoms with E-state index >= 15 is 0 Å². The molecule has 0 aliphatic carbocycles. The average Bonchev–Trinajstić information content (AvgIpc) is 2.63. The smallest absolute Gasteiger partial charge is 0.247 e. The quantitative estimate of drug-likeness (QED) is 0.888. The van der Waals surface area contributed by atoms with E-state index in [0.717, 1.165) is 24.5 Å². The van der Waals surface area contributed by atoms with Crippen molar-refractivity contribution < 1.29 is 14.2 Å². The lowest BCUT2D eigenvalue weighted by atomic mass is 10.2. The van der Waals surface area contributed by atoms with Crippen LogP contribution in [0.5, 0.6) is 11.5 Å². The molecule has 1 aromatic carbocycles. The minimum absolute atomic E-state index is 0.589. The van der Waals surface area contributed by atoms with Gasteiger partial charge in [0, 0.05) is 19.2 Å². The number of nitrogens with one attached hydrogen (secondary N) is 1. The van der Waals surface area contributed by atoms with Crippen LogP contribution in [-0.2, 0) is 4.74 Å². The summed E-state index contributed by atoms with van der Waals surface area (Å²) in [6.45, 7) is 2.87. The molecule has 1 aliphatic rings. The van der Waals surface area contributed by atoms with Crippen LogP contribution in [0, 0.1) is 0 Å². The van der Waals surface area contributed by atoms with Crippen molar-refractivity contribution in [2.45, 2.75) is 0 Å². The van der Waals surface area contributed by atoms with Gasteiger partial charge in [-0.05, 0) is 12.1 Å². The molecule has 1 N–H and O–H groups in total. The Kier molecular flexibility index (Phi) is 4.72. The summed E-state index contributed by atoms with van der Waals surface area (Å²) in [5.74, 6) is 2.58. The molecule has 0 radical (unpaired) electrons. The summed E-state index contributed by atoms with van der Waals surface area (Å²) in [7, 11) is 3.22. The van der Waals surface area contributed by atoms with E-state index in [9.17, 15) is 0 Å². The number of hydrogen-bond acceptors (Lipinski definition) is 8. The molecule has 2 heterocycles. The molecule has 1 aromatic heterocycles. The monoisotopic (exact) mass is 317 g/mol. The van der Waals surface area contributed by atoms with Gasteiger partial charge in [-0.3, -0.25) is 0 Å². The highest BCUT2D eigenvalue weighted by atomic mass is 16.5. The fourth-order valence-corrected chi connectivity index (χ4v) is 2.29. The number of anilines is 3. The third-order valence-corrected chi connectivity index (χ3v) is 3.51. The highest BCUT2D eigenvalue weighted by molar-refractivity contribution is 5.65. The molecule has 1 saturated heterocycles.